The van der Waals surface area contributed by atoms with Crippen molar-refractivity contribution in [3.63, 3.8) is 0 Å². The molecule has 41 heavy (non-hydrogen) atoms. The fraction of sp³-hybridized carbons (Fsp3) is 0.737. The fourth-order valence-electron chi connectivity index (χ4n) is 7.31. The van der Waals surface area contributed by atoms with Crippen molar-refractivity contribution in [2.75, 3.05) is 6.61 Å². The molecule has 0 atom stereocenters. The molecule has 2 saturated carbocycles. The first-order valence-corrected chi connectivity index (χ1v) is 17.8. The molecule has 2 aliphatic carbocycles. The van der Waals surface area contributed by atoms with Crippen LogP contribution in [0.15, 0.2) is 36.7 Å². The van der Waals surface area contributed by atoms with Crippen LogP contribution in [-0.4, -0.2) is 16.6 Å². The highest BCUT2D eigenvalue weighted by Gasteiger charge is 2.22. The Kier molecular flexibility index (Phi) is 14.5. The third-order valence-electron chi connectivity index (χ3n) is 10.3. The maximum Gasteiger partial charge on any atom is 0.159 e. The van der Waals surface area contributed by atoms with Crippen LogP contribution in [0.5, 0.6) is 5.75 Å². The molecule has 0 radical (unpaired) electrons. The molecule has 0 N–H and O–H groups in total. The Bertz CT molecular complexity index is 924. The van der Waals surface area contributed by atoms with E-state index in [1.807, 2.05) is 0 Å². The lowest BCUT2D eigenvalue weighted by molar-refractivity contribution is 0.177. The van der Waals surface area contributed by atoms with Crippen LogP contribution in [-0.2, 0) is 6.42 Å². The van der Waals surface area contributed by atoms with Crippen molar-refractivity contribution < 1.29 is 4.74 Å². The van der Waals surface area contributed by atoms with Crippen LogP contribution >= 0.6 is 0 Å². The summed E-state index contributed by atoms with van der Waals surface area (Å²) in [6.07, 6.45) is 33.3. The Morgan fingerprint density at radius 1 is 0.585 bits per heavy atom. The zero-order chi connectivity index (χ0) is 28.5. The molecule has 0 aliphatic heterocycles. The average molecular weight is 561 g/mol. The quantitative estimate of drug-likeness (QED) is 0.170. The van der Waals surface area contributed by atoms with Gasteiger partial charge in [-0.25, -0.2) is 9.97 Å². The second kappa shape index (κ2) is 18.6. The minimum absolute atomic E-state index is 0.716. The van der Waals surface area contributed by atoms with Crippen molar-refractivity contribution in [3.8, 4) is 17.1 Å². The van der Waals surface area contributed by atoms with Gasteiger partial charge in [-0.05, 0) is 79.2 Å². The summed E-state index contributed by atoms with van der Waals surface area (Å²) in [7, 11) is 0. The van der Waals surface area contributed by atoms with Crippen molar-refractivity contribution in [2.45, 2.75) is 149 Å². The van der Waals surface area contributed by atoms with Crippen LogP contribution in [0.4, 0.5) is 0 Å². The van der Waals surface area contributed by atoms with Crippen LogP contribution < -0.4 is 4.74 Å². The van der Waals surface area contributed by atoms with Gasteiger partial charge in [-0.15, -0.1) is 0 Å². The van der Waals surface area contributed by atoms with E-state index in [0.29, 0.717) is 5.92 Å². The lowest BCUT2D eigenvalue weighted by Gasteiger charge is -2.28. The summed E-state index contributed by atoms with van der Waals surface area (Å²) >= 11 is 0. The largest absolute Gasteiger partial charge is 0.493 e. The summed E-state index contributed by atoms with van der Waals surface area (Å²) in [5, 5.41) is 0. The Labute approximate surface area is 252 Å². The summed E-state index contributed by atoms with van der Waals surface area (Å²) in [6.45, 7) is 5.46. The monoisotopic (exact) mass is 560 g/mol. The predicted octanol–water partition coefficient (Wildman–Crippen LogP) is 11.4. The molecule has 3 nitrogen and oxygen atoms in total. The first-order chi connectivity index (χ1) is 20.2. The maximum absolute atomic E-state index is 6.18. The number of hydrogen-bond acceptors (Lipinski definition) is 3. The van der Waals surface area contributed by atoms with E-state index < -0.39 is 0 Å². The number of aryl methyl sites for hydroxylation is 1. The van der Waals surface area contributed by atoms with Gasteiger partial charge in [0.25, 0.3) is 0 Å². The zero-order valence-corrected chi connectivity index (χ0v) is 26.6. The molecule has 1 heterocycles. The van der Waals surface area contributed by atoms with Gasteiger partial charge in [-0.3, -0.25) is 0 Å². The summed E-state index contributed by atoms with van der Waals surface area (Å²) < 4.78 is 6.18. The van der Waals surface area contributed by atoms with Gasteiger partial charge in [0.1, 0.15) is 5.75 Å². The van der Waals surface area contributed by atoms with Crippen LogP contribution in [0.2, 0.25) is 0 Å². The van der Waals surface area contributed by atoms with E-state index in [9.17, 15) is 0 Å². The van der Waals surface area contributed by atoms with Crippen LogP contribution in [0.3, 0.4) is 0 Å². The number of ether oxygens (including phenoxy) is 1. The van der Waals surface area contributed by atoms with E-state index in [0.717, 1.165) is 47.9 Å². The van der Waals surface area contributed by atoms with Crippen LogP contribution in [0, 0.1) is 23.7 Å². The predicted molar refractivity (Wildman–Crippen MR) is 174 cm³/mol. The highest BCUT2D eigenvalue weighted by Crippen LogP contribution is 2.35. The number of aromatic nitrogens is 2. The van der Waals surface area contributed by atoms with Gasteiger partial charge in [-0.2, -0.15) is 0 Å². The summed E-state index contributed by atoms with van der Waals surface area (Å²) in [5.41, 5.74) is 2.35. The lowest BCUT2D eigenvalue weighted by Crippen LogP contribution is -2.20. The Hall–Kier alpha value is -1.90. The zero-order valence-electron chi connectivity index (χ0n) is 26.6. The third kappa shape index (κ3) is 11.7. The highest BCUT2D eigenvalue weighted by molar-refractivity contribution is 5.55. The SMILES string of the molecule is CCCCCCCC[C@H]1CC[C@H](CCc2cnc(-c3ccc(OCC4CCC(CCCCC)CC4)cc3)nc2)CC1. The minimum atomic E-state index is 0.716. The van der Waals surface area contributed by atoms with Gasteiger partial charge in [0, 0.05) is 18.0 Å². The van der Waals surface area contributed by atoms with E-state index >= 15 is 0 Å². The molecule has 0 unspecified atom stereocenters. The van der Waals surface area contributed by atoms with Crippen molar-refractivity contribution in [1.82, 2.24) is 9.97 Å². The molecule has 0 saturated heterocycles. The standard InChI is InChI=1S/C38H60N2O/c1-3-5-7-8-9-11-13-32-14-16-33(17-15-32)20-23-35-28-39-38(40-29-35)36-24-26-37(27-25-36)41-30-34-21-18-31(19-22-34)12-10-6-4-2/h24-29,31-34H,3-23,30H2,1-2H3/t31?,32-,33-,34?. The molecule has 0 bridgehead atoms. The molecule has 1 aromatic heterocycles. The Morgan fingerprint density at radius 2 is 1.07 bits per heavy atom. The first kappa shape index (κ1) is 32.0. The second-order valence-electron chi connectivity index (χ2n) is 13.6. The number of nitrogens with zero attached hydrogens (tertiary/aromatic N) is 2. The van der Waals surface area contributed by atoms with Gasteiger partial charge in [0.2, 0.25) is 0 Å². The van der Waals surface area contributed by atoms with Crippen molar-refractivity contribution >= 4 is 0 Å². The van der Waals surface area contributed by atoms with Gasteiger partial charge in [0.15, 0.2) is 5.82 Å². The van der Waals surface area contributed by atoms with E-state index in [2.05, 4.69) is 50.5 Å². The second-order valence-corrected chi connectivity index (χ2v) is 13.6. The molecular weight excluding hydrogens is 500 g/mol. The molecule has 0 amide bonds. The van der Waals surface area contributed by atoms with Crippen molar-refractivity contribution in [2.24, 2.45) is 23.7 Å². The summed E-state index contributed by atoms with van der Waals surface area (Å²) in [4.78, 5) is 9.43. The van der Waals surface area contributed by atoms with Crippen LogP contribution in [0.1, 0.15) is 148 Å². The third-order valence-corrected chi connectivity index (χ3v) is 10.3. The van der Waals surface area contributed by atoms with E-state index in [-0.39, 0.29) is 0 Å². The van der Waals surface area contributed by atoms with Crippen LogP contribution in [0.25, 0.3) is 11.4 Å². The Balaban J connectivity index is 1.10. The van der Waals surface area contributed by atoms with Gasteiger partial charge in [-0.1, -0.05) is 123 Å². The summed E-state index contributed by atoms with van der Waals surface area (Å²) in [5.74, 6) is 5.35. The number of unbranched alkanes of at least 4 members (excludes halogenated alkanes) is 7. The smallest absolute Gasteiger partial charge is 0.159 e. The van der Waals surface area contributed by atoms with E-state index in [1.165, 1.54) is 134 Å². The molecule has 2 fully saturated rings. The number of rotatable bonds is 18. The van der Waals surface area contributed by atoms with E-state index in [4.69, 9.17) is 14.7 Å². The fourth-order valence-corrected chi connectivity index (χ4v) is 7.31. The first-order valence-electron chi connectivity index (χ1n) is 17.8. The molecule has 2 aromatic rings. The molecule has 228 valence electrons. The van der Waals surface area contributed by atoms with Gasteiger partial charge < -0.3 is 4.74 Å². The molecule has 4 rings (SSSR count). The highest BCUT2D eigenvalue weighted by atomic mass is 16.5. The molecule has 3 heteroatoms. The maximum atomic E-state index is 6.18. The number of benzene rings is 1. The van der Waals surface area contributed by atoms with Crippen molar-refractivity contribution in [1.29, 1.82) is 0 Å². The molecule has 1 aromatic carbocycles. The number of hydrogen-bond donors (Lipinski definition) is 0. The average Bonchev–Trinajstić information content (AvgIpc) is 3.02. The minimum Gasteiger partial charge on any atom is -0.493 e. The Morgan fingerprint density at radius 3 is 1.68 bits per heavy atom. The molecule has 0 spiro atoms. The van der Waals surface area contributed by atoms with Crippen molar-refractivity contribution in [3.05, 3.63) is 42.2 Å². The van der Waals surface area contributed by atoms with Gasteiger partial charge >= 0.3 is 0 Å². The summed E-state index contributed by atoms with van der Waals surface area (Å²) in [6, 6.07) is 8.40. The lowest BCUT2D eigenvalue weighted by atomic mass is 9.78. The molecular formula is C38H60N2O. The van der Waals surface area contributed by atoms with E-state index in [1.54, 1.807) is 0 Å². The topological polar surface area (TPSA) is 35.0 Å². The van der Waals surface area contributed by atoms with Gasteiger partial charge in [0.05, 0.1) is 6.61 Å². The molecule has 2 aliphatic rings. The normalized spacial score (nSPS) is 23.0.